The molecule has 1 aliphatic heterocycles. The summed E-state index contributed by atoms with van der Waals surface area (Å²) in [7, 11) is -3.78. The number of morpholine rings is 1. The standard InChI is InChI=1S/C20H22BrN3O5S/c1-13-11-24(12-14(2)29-13)30(27,28)18-5-3-4-16(10-18)20(26)23-22-19(25)15-6-8-17(21)9-7-15/h3-10,13-14H,11-12H2,1-2H3,(H,22,25)(H,23,26)/t13-,14-/m0/s1. The van der Waals surface area contributed by atoms with Crippen LogP contribution in [0.1, 0.15) is 34.6 Å². The fourth-order valence-electron chi connectivity index (χ4n) is 3.13. The lowest BCUT2D eigenvalue weighted by Crippen LogP contribution is -2.48. The van der Waals surface area contributed by atoms with Gasteiger partial charge in [-0.05, 0) is 56.3 Å². The molecule has 2 aromatic rings. The minimum atomic E-state index is -3.78. The summed E-state index contributed by atoms with van der Waals surface area (Å²) in [5.41, 5.74) is 5.10. The van der Waals surface area contributed by atoms with Crippen LogP contribution in [-0.2, 0) is 14.8 Å². The van der Waals surface area contributed by atoms with Crippen molar-refractivity contribution in [3.8, 4) is 0 Å². The number of nitrogens with zero attached hydrogens (tertiary/aromatic N) is 1. The van der Waals surface area contributed by atoms with Crippen LogP contribution < -0.4 is 10.9 Å². The second-order valence-corrected chi connectivity index (χ2v) is 9.88. The normalized spacial score (nSPS) is 19.8. The number of hydrogen-bond donors (Lipinski definition) is 2. The van der Waals surface area contributed by atoms with Gasteiger partial charge in [0.15, 0.2) is 0 Å². The highest BCUT2D eigenvalue weighted by molar-refractivity contribution is 9.10. The van der Waals surface area contributed by atoms with Crippen LogP contribution in [0, 0.1) is 0 Å². The Labute approximate surface area is 183 Å². The SMILES string of the molecule is C[C@H]1CN(S(=O)(=O)c2cccc(C(=O)NNC(=O)c3ccc(Br)cc3)c2)C[C@H](C)O1. The fraction of sp³-hybridized carbons (Fsp3) is 0.300. The van der Waals surface area contributed by atoms with Crippen molar-refractivity contribution < 1.29 is 22.7 Å². The van der Waals surface area contributed by atoms with E-state index in [1.165, 1.54) is 28.6 Å². The number of carbonyl (C=O) groups excluding carboxylic acids is 2. The van der Waals surface area contributed by atoms with E-state index in [-0.39, 0.29) is 35.8 Å². The van der Waals surface area contributed by atoms with Gasteiger partial charge in [0, 0.05) is 28.7 Å². The molecule has 30 heavy (non-hydrogen) atoms. The topological polar surface area (TPSA) is 105 Å². The lowest BCUT2D eigenvalue weighted by atomic mass is 10.2. The van der Waals surface area contributed by atoms with Gasteiger partial charge in [-0.3, -0.25) is 20.4 Å². The first-order chi connectivity index (χ1) is 14.2. The van der Waals surface area contributed by atoms with E-state index in [0.717, 1.165) is 4.47 Å². The van der Waals surface area contributed by atoms with Gasteiger partial charge in [0.1, 0.15) is 0 Å². The van der Waals surface area contributed by atoms with Crippen molar-refractivity contribution in [3.63, 3.8) is 0 Å². The van der Waals surface area contributed by atoms with Crippen LogP contribution in [-0.4, -0.2) is 49.8 Å². The van der Waals surface area contributed by atoms with Crippen molar-refractivity contribution >= 4 is 37.8 Å². The number of sulfonamides is 1. The van der Waals surface area contributed by atoms with Crippen LogP contribution in [0.15, 0.2) is 57.9 Å². The molecule has 8 nitrogen and oxygen atoms in total. The molecule has 0 spiro atoms. The summed E-state index contributed by atoms with van der Waals surface area (Å²) in [5, 5.41) is 0. The summed E-state index contributed by atoms with van der Waals surface area (Å²) in [6, 6.07) is 12.3. The highest BCUT2D eigenvalue weighted by atomic mass is 79.9. The molecule has 3 rings (SSSR count). The summed E-state index contributed by atoms with van der Waals surface area (Å²) in [4.78, 5) is 24.6. The first-order valence-corrected chi connectivity index (χ1v) is 11.5. The highest BCUT2D eigenvalue weighted by Crippen LogP contribution is 2.22. The smallest absolute Gasteiger partial charge is 0.269 e. The molecular formula is C20H22BrN3O5S. The van der Waals surface area contributed by atoms with E-state index in [2.05, 4.69) is 26.8 Å². The Kier molecular flexibility index (Phi) is 6.91. The number of ether oxygens (including phenoxy) is 1. The molecule has 2 aromatic carbocycles. The molecule has 1 fully saturated rings. The zero-order valence-electron chi connectivity index (χ0n) is 16.5. The molecule has 2 N–H and O–H groups in total. The predicted octanol–water partition coefficient (Wildman–Crippen LogP) is 2.32. The van der Waals surface area contributed by atoms with E-state index in [1.807, 2.05) is 13.8 Å². The maximum absolute atomic E-state index is 13.0. The Hall–Kier alpha value is -2.27. The van der Waals surface area contributed by atoms with E-state index in [0.29, 0.717) is 5.56 Å². The zero-order chi connectivity index (χ0) is 21.9. The van der Waals surface area contributed by atoms with Gasteiger partial charge in [-0.15, -0.1) is 0 Å². The molecule has 160 valence electrons. The molecule has 1 saturated heterocycles. The van der Waals surface area contributed by atoms with Crippen molar-refractivity contribution in [2.75, 3.05) is 13.1 Å². The van der Waals surface area contributed by atoms with E-state index in [1.54, 1.807) is 24.3 Å². The lowest BCUT2D eigenvalue weighted by Gasteiger charge is -2.34. The van der Waals surface area contributed by atoms with E-state index in [9.17, 15) is 18.0 Å². The van der Waals surface area contributed by atoms with Gasteiger partial charge in [0.25, 0.3) is 11.8 Å². The Morgan fingerprint density at radius 2 is 1.53 bits per heavy atom. The molecule has 0 saturated carbocycles. The number of rotatable bonds is 4. The van der Waals surface area contributed by atoms with Crippen LogP contribution in [0.5, 0.6) is 0 Å². The van der Waals surface area contributed by atoms with E-state index in [4.69, 9.17) is 4.74 Å². The minimum absolute atomic E-state index is 0.00989. The quantitative estimate of drug-likeness (QED) is 0.633. The molecule has 1 aliphatic rings. The minimum Gasteiger partial charge on any atom is -0.373 e. The van der Waals surface area contributed by atoms with Crippen molar-refractivity contribution in [3.05, 3.63) is 64.1 Å². The van der Waals surface area contributed by atoms with Crippen LogP contribution in [0.4, 0.5) is 0 Å². The lowest BCUT2D eigenvalue weighted by molar-refractivity contribution is -0.0440. The van der Waals surface area contributed by atoms with Gasteiger partial charge >= 0.3 is 0 Å². The average molecular weight is 496 g/mol. The zero-order valence-corrected chi connectivity index (χ0v) is 18.9. The van der Waals surface area contributed by atoms with E-state index < -0.39 is 21.8 Å². The van der Waals surface area contributed by atoms with Crippen LogP contribution in [0.25, 0.3) is 0 Å². The summed E-state index contributed by atoms with van der Waals surface area (Å²) in [5.74, 6) is -1.11. The van der Waals surface area contributed by atoms with Crippen molar-refractivity contribution in [1.82, 2.24) is 15.2 Å². The average Bonchev–Trinajstić information content (AvgIpc) is 2.71. The van der Waals surface area contributed by atoms with E-state index >= 15 is 0 Å². The third-order valence-electron chi connectivity index (χ3n) is 4.52. The van der Waals surface area contributed by atoms with Gasteiger partial charge in [0.2, 0.25) is 10.0 Å². The van der Waals surface area contributed by atoms with Gasteiger partial charge in [0.05, 0.1) is 17.1 Å². The van der Waals surface area contributed by atoms with Crippen LogP contribution in [0.3, 0.4) is 0 Å². The number of benzene rings is 2. The summed E-state index contributed by atoms with van der Waals surface area (Å²) in [6.07, 6.45) is -0.437. The summed E-state index contributed by atoms with van der Waals surface area (Å²) >= 11 is 3.28. The molecule has 2 atom stereocenters. The number of nitrogens with one attached hydrogen (secondary N) is 2. The molecule has 0 unspecified atom stereocenters. The number of carbonyl (C=O) groups is 2. The van der Waals surface area contributed by atoms with Gasteiger partial charge in [-0.2, -0.15) is 4.31 Å². The third kappa shape index (κ3) is 5.25. The maximum Gasteiger partial charge on any atom is 0.269 e. The molecule has 0 radical (unpaired) electrons. The Bertz CT molecular complexity index is 1030. The van der Waals surface area contributed by atoms with Crippen molar-refractivity contribution in [2.24, 2.45) is 0 Å². The molecular weight excluding hydrogens is 474 g/mol. The van der Waals surface area contributed by atoms with Gasteiger partial charge in [-0.25, -0.2) is 8.42 Å². The number of halogens is 1. The molecule has 0 aliphatic carbocycles. The molecule has 10 heteroatoms. The molecule has 1 heterocycles. The number of hydrogen-bond acceptors (Lipinski definition) is 5. The Morgan fingerprint density at radius 1 is 0.967 bits per heavy atom. The Balaban J connectivity index is 1.70. The first-order valence-electron chi connectivity index (χ1n) is 9.29. The third-order valence-corrected chi connectivity index (χ3v) is 6.87. The fourth-order valence-corrected chi connectivity index (χ4v) is 5.03. The number of amides is 2. The van der Waals surface area contributed by atoms with Crippen LogP contribution >= 0.6 is 15.9 Å². The van der Waals surface area contributed by atoms with Crippen molar-refractivity contribution in [2.45, 2.75) is 31.0 Å². The highest BCUT2D eigenvalue weighted by Gasteiger charge is 2.32. The summed E-state index contributed by atoms with van der Waals surface area (Å²) in [6.45, 7) is 4.12. The maximum atomic E-state index is 13.0. The predicted molar refractivity (Wildman–Crippen MR) is 114 cm³/mol. The number of hydrazine groups is 1. The summed E-state index contributed by atoms with van der Waals surface area (Å²) < 4.78 is 33.8. The second-order valence-electron chi connectivity index (χ2n) is 7.02. The molecule has 0 aromatic heterocycles. The van der Waals surface area contributed by atoms with Crippen molar-refractivity contribution in [1.29, 1.82) is 0 Å². The Morgan fingerprint density at radius 3 is 2.13 bits per heavy atom. The van der Waals surface area contributed by atoms with Gasteiger partial charge < -0.3 is 4.74 Å². The van der Waals surface area contributed by atoms with Gasteiger partial charge in [-0.1, -0.05) is 22.0 Å². The largest absolute Gasteiger partial charge is 0.373 e. The monoisotopic (exact) mass is 495 g/mol. The molecule has 0 bridgehead atoms. The first kappa shape index (κ1) is 22.4. The second kappa shape index (κ2) is 9.25. The molecule has 2 amide bonds. The van der Waals surface area contributed by atoms with Crippen LogP contribution in [0.2, 0.25) is 0 Å².